The predicted molar refractivity (Wildman–Crippen MR) is 67.9 cm³/mol. The van der Waals surface area contributed by atoms with Gasteiger partial charge in [0.05, 0.1) is 5.92 Å². The summed E-state index contributed by atoms with van der Waals surface area (Å²) >= 11 is 0. The van der Waals surface area contributed by atoms with Crippen LogP contribution in [0.3, 0.4) is 0 Å². The number of amides is 1. The lowest BCUT2D eigenvalue weighted by atomic mass is 9.76. The minimum absolute atomic E-state index is 0.145. The molecule has 1 fully saturated rings. The van der Waals surface area contributed by atoms with Gasteiger partial charge in [-0.25, -0.2) is 0 Å². The summed E-state index contributed by atoms with van der Waals surface area (Å²) in [4.78, 5) is 14.6. The zero-order valence-corrected chi connectivity index (χ0v) is 10.4. The van der Waals surface area contributed by atoms with Crippen molar-refractivity contribution >= 4 is 5.91 Å². The Morgan fingerprint density at radius 2 is 2.12 bits per heavy atom. The van der Waals surface area contributed by atoms with Crippen LogP contribution in [-0.4, -0.2) is 23.4 Å². The van der Waals surface area contributed by atoms with E-state index in [1.807, 2.05) is 6.07 Å². The molecule has 2 atom stereocenters. The van der Waals surface area contributed by atoms with Gasteiger partial charge in [-0.1, -0.05) is 24.3 Å². The van der Waals surface area contributed by atoms with Crippen LogP contribution in [0.4, 0.5) is 0 Å². The van der Waals surface area contributed by atoms with Crippen LogP contribution in [0.1, 0.15) is 43.2 Å². The molecule has 0 aromatic heterocycles. The highest BCUT2D eigenvalue weighted by molar-refractivity contribution is 5.87. The van der Waals surface area contributed by atoms with E-state index in [1.165, 1.54) is 30.4 Å². The molecule has 1 heterocycles. The van der Waals surface area contributed by atoms with E-state index in [0.29, 0.717) is 11.9 Å². The summed E-state index contributed by atoms with van der Waals surface area (Å²) in [6.45, 7) is 3.14. The molecule has 1 aromatic carbocycles. The fraction of sp³-hybridized carbons (Fsp3) is 0.533. The summed E-state index contributed by atoms with van der Waals surface area (Å²) in [5.41, 5.74) is 2.62. The largest absolute Gasteiger partial charge is 0.339 e. The van der Waals surface area contributed by atoms with Crippen LogP contribution in [0.2, 0.25) is 0 Å². The average Bonchev–Trinajstić information content (AvgIpc) is 2.31. The van der Waals surface area contributed by atoms with Crippen molar-refractivity contribution in [3.8, 4) is 0 Å². The molecule has 3 rings (SSSR count). The Labute approximate surface area is 103 Å². The Balaban J connectivity index is 1.76. The minimum atomic E-state index is 0.145. The smallest absolute Gasteiger partial charge is 0.230 e. The van der Waals surface area contributed by atoms with E-state index in [4.69, 9.17) is 0 Å². The number of rotatable bonds is 1. The molecule has 0 radical (unpaired) electrons. The lowest BCUT2D eigenvalue weighted by Crippen LogP contribution is -2.46. The van der Waals surface area contributed by atoms with Crippen LogP contribution in [0.15, 0.2) is 24.3 Å². The predicted octanol–water partition coefficient (Wildman–Crippen LogP) is 2.73. The van der Waals surface area contributed by atoms with Gasteiger partial charge < -0.3 is 4.90 Å². The highest BCUT2D eigenvalue weighted by atomic mass is 16.2. The van der Waals surface area contributed by atoms with Crippen LogP contribution in [0, 0.1) is 0 Å². The van der Waals surface area contributed by atoms with Crippen molar-refractivity contribution in [2.75, 3.05) is 6.54 Å². The van der Waals surface area contributed by atoms with Gasteiger partial charge in [0.15, 0.2) is 0 Å². The van der Waals surface area contributed by atoms with Crippen molar-refractivity contribution in [2.24, 2.45) is 0 Å². The van der Waals surface area contributed by atoms with Crippen molar-refractivity contribution in [2.45, 2.75) is 44.6 Å². The molecule has 0 bridgehead atoms. The fourth-order valence-corrected chi connectivity index (χ4v) is 3.10. The molecule has 0 N–H and O–H groups in total. The molecule has 0 spiro atoms. The molecular formula is C15H19NO. The van der Waals surface area contributed by atoms with E-state index in [1.54, 1.807) is 0 Å². The molecule has 1 amide bonds. The van der Waals surface area contributed by atoms with Gasteiger partial charge in [-0.05, 0) is 43.7 Å². The highest BCUT2D eigenvalue weighted by Gasteiger charge is 2.36. The topological polar surface area (TPSA) is 20.3 Å². The van der Waals surface area contributed by atoms with Crippen LogP contribution in [0.5, 0.6) is 0 Å². The van der Waals surface area contributed by atoms with Crippen LogP contribution in [-0.2, 0) is 11.2 Å². The summed E-state index contributed by atoms with van der Waals surface area (Å²) in [6.07, 6.45) is 4.55. The van der Waals surface area contributed by atoms with Gasteiger partial charge in [0, 0.05) is 12.6 Å². The van der Waals surface area contributed by atoms with E-state index in [9.17, 15) is 4.79 Å². The molecule has 0 unspecified atom stereocenters. The molecule has 1 aliphatic carbocycles. The lowest BCUT2D eigenvalue weighted by molar-refractivity contribution is -0.136. The number of hydrogen-bond acceptors (Lipinski definition) is 1. The van der Waals surface area contributed by atoms with Gasteiger partial charge in [0.2, 0.25) is 5.91 Å². The van der Waals surface area contributed by atoms with Crippen molar-refractivity contribution in [3.63, 3.8) is 0 Å². The second-order valence-electron chi connectivity index (χ2n) is 5.33. The normalized spacial score (nSPS) is 27.2. The van der Waals surface area contributed by atoms with E-state index >= 15 is 0 Å². The Hall–Kier alpha value is -1.31. The molecule has 0 saturated carbocycles. The van der Waals surface area contributed by atoms with E-state index in [-0.39, 0.29) is 5.92 Å². The van der Waals surface area contributed by atoms with Gasteiger partial charge >= 0.3 is 0 Å². The van der Waals surface area contributed by atoms with E-state index in [2.05, 4.69) is 30.0 Å². The first-order valence-corrected chi connectivity index (χ1v) is 6.65. The first kappa shape index (κ1) is 10.8. The zero-order chi connectivity index (χ0) is 11.8. The third-order valence-corrected chi connectivity index (χ3v) is 4.24. The SMILES string of the molecule is C[C@@H]1CCCCN1C(=O)[C@@H]1Cc2ccccc21. The molecule has 1 saturated heterocycles. The van der Waals surface area contributed by atoms with Crippen LogP contribution >= 0.6 is 0 Å². The third-order valence-electron chi connectivity index (χ3n) is 4.24. The van der Waals surface area contributed by atoms with Gasteiger partial charge in [0.1, 0.15) is 0 Å². The molecule has 17 heavy (non-hydrogen) atoms. The molecule has 1 aromatic rings. The van der Waals surface area contributed by atoms with Crippen molar-refractivity contribution < 1.29 is 4.79 Å². The second kappa shape index (κ2) is 4.17. The lowest BCUT2D eigenvalue weighted by Gasteiger charge is -2.39. The third kappa shape index (κ3) is 1.76. The summed E-state index contributed by atoms with van der Waals surface area (Å²) in [5.74, 6) is 0.502. The first-order chi connectivity index (χ1) is 8.27. The van der Waals surface area contributed by atoms with Crippen LogP contribution in [0.25, 0.3) is 0 Å². The quantitative estimate of drug-likeness (QED) is 0.725. The molecular weight excluding hydrogens is 210 g/mol. The summed E-state index contributed by atoms with van der Waals surface area (Å²) in [6, 6.07) is 8.78. The Morgan fingerprint density at radius 1 is 1.29 bits per heavy atom. The maximum atomic E-state index is 12.5. The molecule has 90 valence electrons. The first-order valence-electron chi connectivity index (χ1n) is 6.65. The number of nitrogens with zero attached hydrogens (tertiary/aromatic N) is 1. The molecule has 2 aliphatic rings. The van der Waals surface area contributed by atoms with Crippen LogP contribution < -0.4 is 0 Å². The second-order valence-corrected chi connectivity index (χ2v) is 5.33. The fourth-order valence-electron chi connectivity index (χ4n) is 3.10. The number of carbonyl (C=O) groups is 1. The average molecular weight is 229 g/mol. The number of benzene rings is 1. The van der Waals surface area contributed by atoms with E-state index < -0.39 is 0 Å². The van der Waals surface area contributed by atoms with E-state index in [0.717, 1.165) is 13.0 Å². The van der Waals surface area contributed by atoms with Crippen molar-refractivity contribution in [1.82, 2.24) is 4.90 Å². The Morgan fingerprint density at radius 3 is 2.88 bits per heavy atom. The number of likely N-dealkylation sites (tertiary alicyclic amines) is 1. The zero-order valence-electron chi connectivity index (χ0n) is 10.4. The number of carbonyl (C=O) groups excluding carboxylic acids is 1. The number of piperidine rings is 1. The summed E-state index contributed by atoms with van der Waals surface area (Å²) < 4.78 is 0. The monoisotopic (exact) mass is 229 g/mol. The number of fused-ring (bicyclic) bond motifs is 1. The maximum absolute atomic E-state index is 12.5. The summed E-state index contributed by atoms with van der Waals surface area (Å²) in [7, 11) is 0. The molecule has 2 heteroatoms. The highest BCUT2D eigenvalue weighted by Crippen LogP contribution is 2.37. The standard InChI is InChI=1S/C15H19NO/c1-11-6-4-5-9-16(11)15(17)14-10-12-7-2-3-8-13(12)14/h2-3,7-8,11,14H,4-6,9-10H2,1H3/t11-,14-/m1/s1. The van der Waals surface area contributed by atoms with Crippen molar-refractivity contribution in [3.05, 3.63) is 35.4 Å². The van der Waals surface area contributed by atoms with Crippen molar-refractivity contribution in [1.29, 1.82) is 0 Å². The van der Waals surface area contributed by atoms with Gasteiger partial charge in [0.25, 0.3) is 0 Å². The minimum Gasteiger partial charge on any atom is -0.339 e. The molecule has 1 aliphatic heterocycles. The Bertz CT molecular complexity index is 440. The maximum Gasteiger partial charge on any atom is 0.230 e. The summed E-state index contributed by atoms with van der Waals surface area (Å²) in [5, 5.41) is 0. The van der Waals surface area contributed by atoms with Gasteiger partial charge in [-0.2, -0.15) is 0 Å². The Kier molecular flexibility index (Phi) is 2.65. The molecule has 2 nitrogen and oxygen atoms in total. The number of hydrogen-bond donors (Lipinski definition) is 0. The van der Waals surface area contributed by atoms with Gasteiger partial charge in [-0.15, -0.1) is 0 Å². The van der Waals surface area contributed by atoms with Gasteiger partial charge in [-0.3, -0.25) is 4.79 Å².